The lowest BCUT2D eigenvalue weighted by Gasteiger charge is -2.29. The molecule has 152 valence electrons. The average Bonchev–Trinajstić information content (AvgIpc) is 3.01. The molecule has 1 heterocycles. The van der Waals surface area contributed by atoms with Crippen LogP contribution < -0.4 is 10.6 Å². The minimum absolute atomic E-state index is 0.0129. The van der Waals surface area contributed by atoms with Gasteiger partial charge in [0.15, 0.2) is 0 Å². The number of anilines is 1. The Bertz CT molecular complexity index is 857. The lowest BCUT2D eigenvalue weighted by Crippen LogP contribution is -2.39. The Morgan fingerprint density at radius 3 is 2.38 bits per heavy atom. The van der Waals surface area contributed by atoms with Crippen molar-refractivity contribution in [1.82, 2.24) is 10.3 Å². The lowest BCUT2D eigenvalue weighted by molar-refractivity contribution is -0.121. The molecule has 2 unspecified atom stereocenters. The number of nitrogens with one attached hydrogen (secondary N) is 2. The number of aromatic nitrogens is 1. The van der Waals surface area contributed by atoms with Gasteiger partial charge >= 0.3 is 0 Å². The maximum absolute atomic E-state index is 12.9. The van der Waals surface area contributed by atoms with Crippen LogP contribution in [0.4, 0.5) is 5.69 Å². The monoisotopic (exact) mass is 411 g/mol. The molecule has 2 bridgehead atoms. The van der Waals surface area contributed by atoms with Crippen LogP contribution in [0.3, 0.4) is 0 Å². The molecule has 5 nitrogen and oxygen atoms in total. The van der Waals surface area contributed by atoms with E-state index in [4.69, 9.17) is 11.6 Å². The van der Waals surface area contributed by atoms with Crippen molar-refractivity contribution in [3.05, 3.63) is 59.4 Å². The molecule has 2 fully saturated rings. The van der Waals surface area contributed by atoms with Crippen molar-refractivity contribution < 1.29 is 9.59 Å². The first-order valence-corrected chi connectivity index (χ1v) is 10.7. The number of rotatable bonds is 4. The summed E-state index contributed by atoms with van der Waals surface area (Å²) in [5, 5.41) is 6.83. The lowest BCUT2D eigenvalue weighted by atomic mass is 9.82. The largest absolute Gasteiger partial charge is 0.348 e. The highest BCUT2D eigenvalue weighted by molar-refractivity contribution is 6.30. The minimum Gasteiger partial charge on any atom is -0.348 e. The molecule has 0 saturated heterocycles. The number of amides is 2. The van der Waals surface area contributed by atoms with E-state index in [1.54, 1.807) is 30.5 Å². The third kappa shape index (κ3) is 5.15. The fourth-order valence-corrected chi connectivity index (χ4v) is 5.03. The molecule has 4 rings (SSSR count). The molecule has 2 aliphatic carbocycles. The van der Waals surface area contributed by atoms with Gasteiger partial charge in [-0.25, -0.2) is 0 Å². The molecule has 6 heteroatoms. The molecule has 0 aliphatic heterocycles. The Labute approximate surface area is 176 Å². The van der Waals surface area contributed by atoms with Crippen LogP contribution in [0.2, 0.25) is 5.02 Å². The van der Waals surface area contributed by atoms with Gasteiger partial charge in [0, 0.05) is 28.9 Å². The highest BCUT2D eigenvalue weighted by atomic mass is 35.5. The highest BCUT2D eigenvalue weighted by Gasteiger charge is 2.36. The maximum Gasteiger partial charge on any atom is 0.270 e. The van der Waals surface area contributed by atoms with E-state index in [2.05, 4.69) is 15.6 Å². The van der Waals surface area contributed by atoms with Gasteiger partial charge in [0.05, 0.1) is 0 Å². The van der Waals surface area contributed by atoms with E-state index in [0.29, 0.717) is 22.6 Å². The summed E-state index contributed by atoms with van der Waals surface area (Å²) in [6, 6.07) is 12.8. The zero-order chi connectivity index (χ0) is 20.2. The number of pyridine rings is 1. The number of fused-ring (bicyclic) bond motifs is 3. The van der Waals surface area contributed by atoms with Crippen molar-refractivity contribution in [2.75, 3.05) is 5.32 Å². The van der Waals surface area contributed by atoms with E-state index in [-0.39, 0.29) is 23.8 Å². The van der Waals surface area contributed by atoms with Crippen LogP contribution in [-0.2, 0) is 4.79 Å². The topological polar surface area (TPSA) is 71.1 Å². The van der Waals surface area contributed by atoms with Gasteiger partial charge in [0.2, 0.25) is 5.91 Å². The SMILES string of the molecule is O=C(NC1CC2CCC(C1)CC(C(=O)Nc1cccc(Cl)c1)C2)c1ccccn1. The van der Waals surface area contributed by atoms with Crippen molar-refractivity contribution in [2.45, 2.75) is 44.6 Å². The summed E-state index contributed by atoms with van der Waals surface area (Å²) in [4.78, 5) is 29.5. The van der Waals surface area contributed by atoms with Crippen molar-refractivity contribution in [2.24, 2.45) is 17.8 Å². The molecule has 2 aliphatic rings. The molecule has 0 radical (unpaired) electrons. The zero-order valence-electron chi connectivity index (χ0n) is 16.3. The van der Waals surface area contributed by atoms with Crippen LogP contribution in [-0.4, -0.2) is 22.8 Å². The predicted molar refractivity (Wildman–Crippen MR) is 114 cm³/mol. The highest BCUT2D eigenvalue weighted by Crippen LogP contribution is 2.40. The smallest absolute Gasteiger partial charge is 0.270 e. The van der Waals surface area contributed by atoms with E-state index in [1.807, 2.05) is 18.2 Å². The van der Waals surface area contributed by atoms with Crippen LogP contribution in [0.5, 0.6) is 0 Å². The van der Waals surface area contributed by atoms with Gasteiger partial charge in [0.1, 0.15) is 5.69 Å². The van der Waals surface area contributed by atoms with Gasteiger partial charge in [0.25, 0.3) is 5.91 Å². The average molecular weight is 412 g/mol. The van der Waals surface area contributed by atoms with Crippen LogP contribution in [0.1, 0.15) is 49.0 Å². The number of halogens is 1. The van der Waals surface area contributed by atoms with Crippen LogP contribution in [0, 0.1) is 17.8 Å². The molecule has 1 aromatic heterocycles. The van der Waals surface area contributed by atoms with E-state index in [0.717, 1.165) is 44.2 Å². The van der Waals surface area contributed by atoms with E-state index in [1.165, 1.54) is 0 Å². The second kappa shape index (κ2) is 8.95. The second-order valence-corrected chi connectivity index (χ2v) is 8.77. The molecule has 2 amide bonds. The number of carbonyl (C=O) groups excluding carboxylic acids is 2. The van der Waals surface area contributed by atoms with Crippen LogP contribution >= 0.6 is 11.6 Å². The van der Waals surface area contributed by atoms with E-state index < -0.39 is 0 Å². The number of carbonyl (C=O) groups is 2. The van der Waals surface area contributed by atoms with Crippen molar-refractivity contribution >= 4 is 29.1 Å². The number of nitrogens with zero attached hydrogens (tertiary/aromatic N) is 1. The Morgan fingerprint density at radius 2 is 1.72 bits per heavy atom. The third-order valence-electron chi connectivity index (χ3n) is 6.15. The fourth-order valence-electron chi connectivity index (χ4n) is 4.84. The van der Waals surface area contributed by atoms with Gasteiger partial charge in [-0.1, -0.05) is 36.6 Å². The Morgan fingerprint density at radius 1 is 0.966 bits per heavy atom. The molecule has 29 heavy (non-hydrogen) atoms. The van der Waals surface area contributed by atoms with Gasteiger partial charge in [-0.15, -0.1) is 0 Å². The predicted octanol–water partition coefficient (Wildman–Crippen LogP) is 4.69. The Hall–Kier alpha value is -2.40. The van der Waals surface area contributed by atoms with Crippen LogP contribution in [0.15, 0.2) is 48.7 Å². The Kier molecular flexibility index (Phi) is 6.14. The molecule has 2 atom stereocenters. The number of benzene rings is 1. The first kappa shape index (κ1) is 19.9. The summed E-state index contributed by atoms with van der Waals surface area (Å²) in [5.74, 6) is 0.892. The molecular formula is C23H26ClN3O2. The minimum atomic E-state index is -0.106. The quantitative estimate of drug-likeness (QED) is 0.766. The summed E-state index contributed by atoms with van der Waals surface area (Å²) in [6.07, 6.45) is 7.49. The van der Waals surface area contributed by atoms with Gasteiger partial charge in [-0.05, 0) is 67.9 Å². The van der Waals surface area contributed by atoms with Gasteiger partial charge < -0.3 is 10.6 Å². The van der Waals surface area contributed by atoms with E-state index in [9.17, 15) is 9.59 Å². The molecule has 0 spiro atoms. The molecular weight excluding hydrogens is 386 g/mol. The molecule has 1 aromatic carbocycles. The first-order valence-electron chi connectivity index (χ1n) is 10.3. The van der Waals surface area contributed by atoms with Crippen molar-refractivity contribution in [3.8, 4) is 0 Å². The van der Waals surface area contributed by atoms with Crippen molar-refractivity contribution in [3.63, 3.8) is 0 Å². The van der Waals surface area contributed by atoms with E-state index >= 15 is 0 Å². The standard InChI is InChI=1S/C23H26ClN3O2/c24-18-4-3-5-19(14-18)26-22(28)17-10-15-7-8-16(11-17)13-20(12-15)27-23(29)21-6-1-2-9-25-21/h1-6,9,14-17,20H,7-8,10-13H2,(H,26,28)(H,27,29). The first-order chi connectivity index (χ1) is 14.1. The normalized spacial score (nSPS) is 26.2. The summed E-state index contributed by atoms with van der Waals surface area (Å²) in [5.41, 5.74) is 1.21. The summed E-state index contributed by atoms with van der Waals surface area (Å²) in [6.45, 7) is 0. The molecule has 2 aromatic rings. The number of hydrogen-bond donors (Lipinski definition) is 2. The zero-order valence-corrected chi connectivity index (χ0v) is 17.1. The van der Waals surface area contributed by atoms with Crippen molar-refractivity contribution in [1.29, 1.82) is 0 Å². The molecule has 2 saturated carbocycles. The number of hydrogen-bond acceptors (Lipinski definition) is 3. The summed E-state index contributed by atoms with van der Waals surface area (Å²) >= 11 is 6.03. The Balaban J connectivity index is 1.38. The van der Waals surface area contributed by atoms with Gasteiger partial charge in [-0.2, -0.15) is 0 Å². The second-order valence-electron chi connectivity index (χ2n) is 8.33. The summed E-state index contributed by atoms with van der Waals surface area (Å²) in [7, 11) is 0. The third-order valence-corrected chi connectivity index (χ3v) is 6.39. The summed E-state index contributed by atoms with van der Waals surface area (Å²) < 4.78 is 0. The maximum atomic E-state index is 12.9. The molecule has 2 N–H and O–H groups in total. The van der Waals surface area contributed by atoms with Gasteiger partial charge in [-0.3, -0.25) is 14.6 Å². The fraction of sp³-hybridized carbons (Fsp3) is 0.435. The van der Waals surface area contributed by atoms with Crippen LogP contribution in [0.25, 0.3) is 0 Å².